The first-order chi connectivity index (χ1) is 9.79. The normalized spacial score (nSPS) is 11.1. The summed E-state index contributed by atoms with van der Waals surface area (Å²) in [5.41, 5.74) is 5.94. The quantitative estimate of drug-likeness (QED) is 0.755. The first-order valence-corrected chi connectivity index (χ1v) is 7.29. The number of anilines is 1. The van der Waals surface area contributed by atoms with Gasteiger partial charge in [-0.25, -0.2) is 0 Å². The van der Waals surface area contributed by atoms with Crippen molar-refractivity contribution in [3.8, 4) is 0 Å². The van der Waals surface area contributed by atoms with Gasteiger partial charge in [-0.05, 0) is 38.5 Å². The molecule has 0 radical (unpaired) electrons. The lowest BCUT2D eigenvalue weighted by atomic mass is 10.0. The Hall–Kier alpha value is -1.59. The molecule has 0 spiro atoms. The standard InChI is InChI=1S/C15H22ClN3O2/c1-4-15(2,3)19-14(21)11-6-5-10(9-12(11)16)18-13(20)7-8-17/h5-6,9H,4,7-8,17H2,1-3H3,(H,18,20)(H,19,21). The average Bonchev–Trinajstić information content (AvgIpc) is 2.38. The minimum absolute atomic E-state index is 0.183. The summed E-state index contributed by atoms with van der Waals surface area (Å²) in [7, 11) is 0. The maximum Gasteiger partial charge on any atom is 0.253 e. The molecule has 0 aliphatic carbocycles. The lowest BCUT2D eigenvalue weighted by molar-refractivity contribution is -0.116. The lowest BCUT2D eigenvalue weighted by Crippen LogP contribution is -2.42. The Morgan fingerprint density at radius 1 is 1.33 bits per heavy atom. The fourth-order valence-electron chi connectivity index (χ4n) is 1.59. The Kier molecular flexibility index (Phi) is 6.18. The third-order valence-corrected chi connectivity index (χ3v) is 3.52. The topological polar surface area (TPSA) is 84.2 Å². The van der Waals surface area contributed by atoms with Crippen molar-refractivity contribution in [3.63, 3.8) is 0 Å². The number of halogens is 1. The van der Waals surface area contributed by atoms with E-state index in [1.165, 1.54) is 0 Å². The Morgan fingerprint density at radius 3 is 2.52 bits per heavy atom. The van der Waals surface area contributed by atoms with E-state index < -0.39 is 0 Å². The second-order valence-electron chi connectivity index (χ2n) is 5.47. The second-order valence-corrected chi connectivity index (χ2v) is 5.88. The number of hydrogen-bond donors (Lipinski definition) is 3. The number of carbonyl (C=O) groups excluding carboxylic acids is 2. The summed E-state index contributed by atoms with van der Waals surface area (Å²) in [5, 5.41) is 5.89. The van der Waals surface area contributed by atoms with Gasteiger partial charge >= 0.3 is 0 Å². The predicted molar refractivity (Wildman–Crippen MR) is 85.6 cm³/mol. The zero-order valence-corrected chi connectivity index (χ0v) is 13.4. The number of carbonyl (C=O) groups is 2. The molecule has 2 amide bonds. The van der Waals surface area contributed by atoms with Crippen LogP contribution in [-0.2, 0) is 4.79 Å². The van der Waals surface area contributed by atoms with Gasteiger partial charge in [0.25, 0.3) is 5.91 Å². The van der Waals surface area contributed by atoms with Crippen LogP contribution in [0.1, 0.15) is 44.0 Å². The Labute approximate surface area is 130 Å². The maximum atomic E-state index is 12.2. The third kappa shape index (κ3) is 5.36. The monoisotopic (exact) mass is 311 g/mol. The molecule has 0 atom stereocenters. The molecule has 1 aromatic carbocycles. The van der Waals surface area contributed by atoms with E-state index >= 15 is 0 Å². The summed E-state index contributed by atoms with van der Waals surface area (Å²) in [6.45, 7) is 6.17. The summed E-state index contributed by atoms with van der Waals surface area (Å²) < 4.78 is 0. The van der Waals surface area contributed by atoms with Gasteiger partial charge < -0.3 is 16.4 Å². The molecule has 4 N–H and O–H groups in total. The molecule has 1 rings (SSSR count). The van der Waals surface area contributed by atoms with E-state index in [2.05, 4.69) is 10.6 Å². The minimum atomic E-state index is -0.297. The zero-order chi connectivity index (χ0) is 16.0. The van der Waals surface area contributed by atoms with Crippen LogP contribution < -0.4 is 16.4 Å². The smallest absolute Gasteiger partial charge is 0.253 e. The SMILES string of the molecule is CCC(C)(C)NC(=O)c1ccc(NC(=O)CCN)cc1Cl. The van der Waals surface area contributed by atoms with Crippen molar-refractivity contribution in [1.82, 2.24) is 5.32 Å². The van der Waals surface area contributed by atoms with Crippen molar-refractivity contribution < 1.29 is 9.59 Å². The molecule has 0 aromatic heterocycles. The molecule has 0 aliphatic rings. The molecule has 0 bridgehead atoms. The number of rotatable bonds is 6. The molecule has 6 heteroatoms. The van der Waals surface area contributed by atoms with Crippen LogP contribution in [0.2, 0.25) is 5.02 Å². The molecule has 0 aliphatic heterocycles. The van der Waals surface area contributed by atoms with Gasteiger partial charge in [0.05, 0.1) is 10.6 Å². The number of nitrogens with two attached hydrogens (primary N) is 1. The van der Waals surface area contributed by atoms with E-state index in [0.717, 1.165) is 6.42 Å². The van der Waals surface area contributed by atoms with Crippen molar-refractivity contribution in [3.05, 3.63) is 28.8 Å². The van der Waals surface area contributed by atoms with Gasteiger partial charge in [0.15, 0.2) is 0 Å². The summed E-state index contributed by atoms with van der Waals surface area (Å²) >= 11 is 6.12. The highest BCUT2D eigenvalue weighted by Gasteiger charge is 2.20. The highest BCUT2D eigenvalue weighted by molar-refractivity contribution is 6.34. The van der Waals surface area contributed by atoms with Crippen molar-refractivity contribution in [2.45, 2.75) is 39.2 Å². The summed E-state index contributed by atoms with van der Waals surface area (Å²) in [4.78, 5) is 23.6. The first kappa shape index (κ1) is 17.5. The maximum absolute atomic E-state index is 12.2. The number of amides is 2. The van der Waals surface area contributed by atoms with E-state index in [9.17, 15) is 9.59 Å². The van der Waals surface area contributed by atoms with Crippen LogP contribution in [0.4, 0.5) is 5.69 Å². The molecule has 0 unspecified atom stereocenters. The van der Waals surface area contributed by atoms with Crippen molar-refractivity contribution >= 4 is 29.1 Å². The van der Waals surface area contributed by atoms with Crippen LogP contribution in [-0.4, -0.2) is 23.9 Å². The van der Waals surface area contributed by atoms with Crippen LogP contribution >= 0.6 is 11.6 Å². The summed E-state index contributed by atoms with van der Waals surface area (Å²) in [6, 6.07) is 4.81. The molecule has 0 fully saturated rings. The molecule has 21 heavy (non-hydrogen) atoms. The molecular formula is C15H22ClN3O2. The van der Waals surface area contributed by atoms with E-state index in [4.69, 9.17) is 17.3 Å². The van der Waals surface area contributed by atoms with E-state index in [1.807, 2.05) is 20.8 Å². The van der Waals surface area contributed by atoms with Crippen LogP contribution in [0.3, 0.4) is 0 Å². The summed E-state index contributed by atoms with van der Waals surface area (Å²) in [5.74, 6) is -0.412. The zero-order valence-electron chi connectivity index (χ0n) is 12.6. The van der Waals surface area contributed by atoms with E-state index in [0.29, 0.717) is 16.3 Å². The van der Waals surface area contributed by atoms with E-state index in [1.54, 1.807) is 18.2 Å². The Bertz CT molecular complexity index is 530. The molecule has 1 aromatic rings. The second kappa shape index (κ2) is 7.43. The minimum Gasteiger partial charge on any atom is -0.347 e. The van der Waals surface area contributed by atoms with Crippen LogP contribution in [0.5, 0.6) is 0 Å². The van der Waals surface area contributed by atoms with Crippen molar-refractivity contribution in [1.29, 1.82) is 0 Å². The van der Waals surface area contributed by atoms with Crippen LogP contribution in [0.25, 0.3) is 0 Å². The van der Waals surface area contributed by atoms with Gasteiger partial charge in [0.2, 0.25) is 5.91 Å². The van der Waals surface area contributed by atoms with Gasteiger partial charge in [-0.3, -0.25) is 9.59 Å². The molecular weight excluding hydrogens is 290 g/mol. The molecule has 116 valence electrons. The number of benzene rings is 1. The average molecular weight is 312 g/mol. The van der Waals surface area contributed by atoms with Crippen LogP contribution in [0, 0.1) is 0 Å². The molecule has 5 nitrogen and oxygen atoms in total. The largest absolute Gasteiger partial charge is 0.347 e. The van der Waals surface area contributed by atoms with Gasteiger partial charge in [-0.1, -0.05) is 18.5 Å². The molecule has 0 saturated carbocycles. The predicted octanol–water partition coefficient (Wildman–Crippen LogP) is 2.55. The van der Waals surface area contributed by atoms with Gasteiger partial charge in [-0.2, -0.15) is 0 Å². The third-order valence-electron chi connectivity index (χ3n) is 3.20. The lowest BCUT2D eigenvalue weighted by Gasteiger charge is -2.24. The number of nitrogens with one attached hydrogen (secondary N) is 2. The summed E-state index contributed by atoms with van der Waals surface area (Å²) in [6.07, 6.45) is 1.05. The van der Waals surface area contributed by atoms with Gasteiger partial charge in [0.1, 0.15) is 0 Å². The number of hydrogen-bond acceptors (Lipinski definition) is 3. The molecule has 0 saturated heterocycles. The van der Waals surface area contributed by atoms with Gasteiger partial charge in [0, 0.05) is 24.2 Å². The fourth-order valence-corrected chi connectivity index (χ4v) is 1.86. The van der Waals surface area contributed by atoms with E-state index in [-0.39, 0.29) is 30.3 Å². The fraction of sp³-hybridized carbons (Fsp3) is 0.467. The van der Waals surface area contributed by atoms with Crippen LogP contribution in [0.15, 0.2) is 18.2 Å². The first-order valence-electron chi connectivity index (χ1n) is 6.91. The highest BCUT2D eigenvalue weighted by atomic mass is 35.5. The van der Waals surface area contributed by atoms with Crippen molar-refractivity contribution in [2.75, 3.05) is 11.9 Å². The Morgan fingerprint density at radius 2 is 2.00 bits per heavy atom. The highest BCUT2D eigenvalue weighted by Crippen LogP contribution is 2.22. The van der Waals surface area contributed by atoms with Crippen molar-refractivity contribution in [2.24, 2.45) is 5.73 Å². The van der Waals surface area contributed by atoms with Gasteiger partial charge in [-0.15, -0.1) is 0 Å². The Balaban J connectivity index is 2.83. The molecule has 0 heterocycles.